The quantitative estimate of drug-likeness (QED) is 0.620. The Bertz CT molecular complexity index is 892. The summed E-state index contributed by atoms with van der Waals surface area (Å²) < 4.78 is 23.4. The number of carbonyl (C=O) groups excluding carboxylic acids is 2. The molecule has 0 aliphatic carbocycles. The van der Waals surface area contributed by atoms with Crippen LogP contribution in [0.3, 0.4) is 0 Å². The highest BCUT2D eigenvalue weighted by Gasteiger charge is 2.13. The van der Waals surface area contributed by atoms with E-state index in [0.717, 1.165) is 11.3 Å². The lowest BCUT2D eigenvalue weighted by Crippen LogP contribution is -2.27. The summed E-state index contributed by atoms with van der Waals surface area (Å²) >= 11 is 1.15. The van der Waals surface area contributed by atoms with Crippen LogP contribution >= 0.6 is 11.3 Å². The van der Waals surface area contributed by atoms with Gasteiger partial charge in [-0.25, -0.2) is 4.39 Å². The number of nitrogens with one attached hydrogen (secondary N) is 2. The van der Waals surface area contributed by atoms with Crippen LogP contribution in [0.1, 0.15) is 20.2 Å². The summed E-state index contributed by atoms with van der Waals surface area (Å²) in [5.41, 5.74) is 0. The first-order valence-corrected chi connectivity index (χ1v) is 8.55. The van der Waals surface area contributed by atoms with Crippen molar-refractivity contribution in [1.82, 2.24) is 5.32 Å². The Balaban J connectivity index is 1.45. The van der Waals surface area contributed by atoms with E-state index in [1.807, 2.05) is 0 Å². The third kappa shape index (κ3) is 4.70. The van der Waals surface area contributed by atoms with Gasteiger partial charge in [-0.15, -0.1) is 11.3 Å². The molecule has 0 saturated heterocycles. The summed E-state index contributed by atoms with van der Waals surface area (Å²) in [7, 11) is 0. The standard InChI is InChI=1S/C18H15FN2O4S/c19-12-3-1-4-13(11-12)24-10-8-20-18(23)15-6-7-16(26-15)21-17(22)14-5-2-9-25-14/h1-7,9,11H,8,10H2,(H,20,23)(H,21,22). The van der Waals surface area contributed by atoms with Gasteiger partial charge < -0.3 is 19.8 Å². The van der Waals surface area contributed by atoms with Crippen molar-refractivity contribution < 1.29 is 23.1 Å². The predicted octanol–water partition coefficient (Wildman–Crippen LogP) is 3.54. The van der Waals surface area contributed by atoms with Gasteiger partial charge in [-0.2, -0.15) is 0 Å². The van der Waals surface area contributed by atoms with Crippen molar-refractivity contribution >= 4 is 28.2 Å². The van der Waals surface area contributed by atoms with E-state index in [1.165, 1.54) is 18.4 Å². The third-order valence-corrected chi connectivity index (χ3v) is 4.26. The van der Waals surface area contributed by atoms with Crippen LogP contribution in [-0.4, -0.2) is 25.0 Å². The van der Waals surface area contributed by atoms with Crippen LogP contribution in [0.25, 0.3) is 0 Å². The normalized spacial score (nSPS) is 10.3. The lowest BCUT2D eigenvalue weighted by atomic mass is 10.3. The van der Waals surface area contributed by atoms with Gasteiger partial charge >= 0.3 is 0 Å². The number of furan rings is 1. The van der Waals surface area contributed by atoms with E-state index in [4.69, 9.17) is 9.15 Å². The first-order chi connectivity index (χ1) is 12.6. The van der Waals surface area contributed by atoms with E-state index in [0.29, 0.717) is 15.6 Å². The molecular formula is C18H15FN2O4S. The summed E-state index contributed by atoms with van der Waals surface area (Å²) in [4.78, 5) is 24.4. The monoisotopic (exact) mass is 374 g/mol. The van der Waals surface area contributed by atoms with Gasteiger partial charge in [0.05, 0.1) is 22.7 Å². The Morgan fingerprint density at radius 2 is 2.00 bits per heavy atom. The molecule has 2 aromatic heterocycles. The van der Waals surface area contributed by atoms with Crippen molar-refractivity contribution in [3.8, 4) is 5.75 Å². The van der Waals surface area contributed by atoms with Crippen molar-refractivity contribution in [3.63, 3.8) is 0 Å². The van der Waals surface area contributed by atoms with E-state index in [1.54, 1.807) is 36.4 Å². The molecule has 0 unspecified atom stereocenters. The van der Waals surface area contributed by atoms with Crippen molar-refractivity contribution in [2.45, 2.75) is 0 Å². The first kappa shape index (κ1) is 17.7. The van der Waals surface area contributed by atoms with Gasteiger partial charge in [-0.3, -0.25) is 9.59 Å². The molecule has 3 aromatic rings. The van der Waals surface area contributed by atoms with Crippen molar-refractivity contribution in [3.05, 3.63) is 71.2 Å². The van der Waals surface area contributed by atoms with E-state index >= 15 is 0 Å². The Morgan fingerprint density at radius 1 is 1.12 bits per heavy atom. The molecule has 2 N–H and O–H groups in total. The average molecular weight is 374 g/mol. The molecule has 1 aromatic carbocycles. The van der Waals surface area contributed by atoms with Crippen LogP contribution in [0.2, 0.25) is 0 Å². The molecule has 0 atom stereocenters. The molecule has 0 fully saturated rings. The van der Waals surface area contributed by atoms with Crippen LogP contribution < -0.4 is 15.4 Å². The van der Waals surface area contributed by atoms with Gasteiger partial charge in [-0.05, 0) is 36.4 Å². The van der Waals surface area contributed by atoms with Gasteiger partial charge in [0.25, 0.3) is 11.8 Å². The van der Waals surface area contributed by atoms with Crippen LogP contribution in [0.4, 0.5) is 9.39 Å². The number of carbonyl (C=O) groups is 2. The largest absolute Gasteiger partial charge is 0.492 e. The first-order valence-electron chi connectivity index (χ1n) is 7.73. The maximum Gasteiger partial charge on any atom is 0.291 e. The number of anilines is 1. The van der Waals surface area contributed by atoms with Gasteiger partial charge in [0.15, 0.2) is 5.76 Å². The highest BCUT2D eigenvalue weighted by atomic mass is 32.1. The van der Waals surface area contributed by atoms with E-state index < -0.39 is 0 Å². The average Bonchev–Trinajstić information content (AvgIpc) is 3.30. The molecule has 0 aliphatic heterocycles. The van der Waals surface area contributed by atoms with Crippen LogP contribution in [0.5, 0.6) is 5.75 Å². The zero-order valence-electron chi connectivity index (χ0n) is 13.5. The number of halogens is 1. The summed E-state index contributed by atoms with van der Waals surface area (Å²) in [5.74, 6) is -0.449. The molecular weight excluding hydrogens is 359 g/mol. The Kier molecular flexibility index (Phi) is 5.65. The van der Waals surface area contributed by atoms with Crippen molar-refractivity contribution in [2.24, 2.45) is 0 Å². The fourth-order valence-electron chi connectivity index (χ4n) is 2.09. The number of benzene rings is 1. The van der Waals surface area contributed by atoms with Gasteiger partial charge in [0, 0.05) is 6.07 Å². The number of amides is 2. The number of hydrogen-bond donors (Lipinski definition) is 2. The Hall–Kier alpha value is -3.13. The van der Waals surface area contributed by atoms with Gasteiger partial charge in [0.1, 0.15) is 18.2 Å². The van der Waals surface area contributed by atoms with E-state index in [-0.39, 0.29) is 36.5 Å². The zero-order chi connectivity index (χ0) is 18.4. The summed E-state index contributed by atoms with van der Waals surface area (Å²) in [6.45, 7) is 0.476. The summed E-state index contributed by atoms with van der Waals surface area (Å²) in [5, 5.41) is 5.89. The maximum absolute atomic E-state index is 13.0. The lowest BCUT2D eigenvalue weighted by molar-refractivity contribution is 0.0949. The number of ether oxygens (including phenoxy) is 1. The summed E-state index contributed by atoms with van der Waals surface area (Å²) in [6, 6.07) is 12.2. The molecule has 6 nitrogen and oxygen atoms in total. The second kappa shape index (κ2) is 8.30. The molecule has 2 amide bonds. The van der Waals surface area contributed by atoms with Crippen molar-refractivity contribution in [1.29, 1.82) is 0 Å². The SMILES string of the molecule is O=C(Nc1ccc(C(=O)NCCOc2cccc(F)c2)s1)c1ccco1. The third-order valence-electron chi connectivity index (χ3n) is 3.26. The highest BCUT2D eigenvalue weighted by Crippen LogP contribution is 2.22. The molecule has 0 radical (unpaired) electrons. The van der Waals surface area contributed by atoms with Crippen LogP contribution in [-0.2, 0) is 0 Å². The summed E-state index contributed by atoms with van der Waals surface area (Å²) in [6.07, 6.45) is 1.41. The topological polar surface area (TPSA) is 80.6 Å². The van der Waals surface area contributed by atoms with E-state index in [9.17, 15) is 14.0 Å². The van der Waals surface area contributed by atoms with Gasteiger partial charge in [0.2, 0.25) is 0 Å². The molecule has 0 saturated carbocycles. The minimum absolute atomic E-state index is 0.193. The molecule has 26 heavy (non-hydrogen) atoms. The Labute approximate surface area is 152 Å². The maximum atomic E-state index is 13.0. The lowest BCUT2D eigenvalue weighted by Gasteiger charge is -2.07. The smallest absolute Gasteiger partial charge is 0.291 e. The number of hydrogen-bond acceptors (Lipinski definition) is 5. The zero-order valence-corrected chi connectivity index (χ0v) is 14.3. The van der Waals surface area contributed by atoms with Crippen LogP contribution in [0.15, 0.2) is 59.2 Å². The second-order valence-electron chi connectivity index (χ2n) is 5.16. The predicted molar refractivity (Wildman–Crippen MR) is 95.2 cm³/mol. The highest BCUT2D eigenvalue weighted by molar-refractivity contribution is 7.18. The van der Waals surface area contributed by atoms with Crippen LogP contribution in [0, 0.1) is 5.82 Å². The van der Waals surface area contributed by atoms with E-state index in [2.05, 4.69) is 10.6 Å². The fourth-order valence-corrected chi connectivity index (χ4v) is 2.90. The molecule has 134 valence electrons. The second-order valence-corrected chi connectivity index (χ2v) is 6.24. The number of rotatable bonds is 7. The molecule has 2 heterocycles. The Morgan fingerprint density at radius 3 is 2.77 bits per heavy atom. The molecule has 0 spiro atoms. The minimum Gasteiger partial charge on any atom is -0.492 e. The fraction of sp³-hybridized carbons (Fsp3) is 0.111. The minimum atomic E-state index is -0.382. The number of thiophene rings is 1. The van der Waals surface area contributed by atoms with Gasteiger partial charge in [-0.1, -0.05) is 6.07 Å². The molecule has 8 heteroatoms. The molecule has 0 aliphatic rings. The van der Waals surface area contributed by atoms with Crippen molar-refractivity contribution in [2.75, 3.05) is 18.5 Å². The molecule has 3 rings (SSSR count). The molecule has 0 bridgehead atoms.